The topological polar surface area (TPSA) is 70.7 Å². The van der Waals surface area contributed by atoms with Gasteiger partial charge in [-0.05, 0) is 44.7 Å². The van der Waals surface area contributed by atoms with Gasteiger partial charge in [-0.15, -0.1) is 0 Å². The Morgan fingerprint density at radius 3 is 2.41 bits per heavy atom. The number of nitrogens with zero attached hydrogens (tertiary/aromatic N) is 1. The first-order valence-corrected chi connectivity index (χ1v) is 9.92. The molecule has 170 valence electrons. The molecule has 1 heterocycles. The number of hydrogen-bond donors (Lipinski definition) is 2. The van der Waals surface area contributed by atoms with Crippen LogP contribution in [0.1, 0.15) is 25.0 Å². The van der Waals surface area contributed by atoms with Gasteiger partial charge in [0.25, 0.3) is 5.91 Å². The van der Waals surface area contributed by atoms with Crippen LogP contribution in [0.25, 0.3) is 5.57 Å². The zero-order valence-corrected chi connectivity index (χ0v) is 17.9. The minimum absolute atomic E-state index is 0.0158. The molecule has 2 aromatic carbocycles. The third-order valence-corrected chi connectivity index (χ3v) is 5.18. The van der Waals surface area contributed by atoms with Crippen molar-refractivity contribution in [1.82, 2.24) is 10.2 Å². The maximum Gasteiger partial charge on any atom is 0.416 e. The molecule has 0 radical (unpaired) electrons. The zero-order valence-electron chi connectivity index (χ0n) is 17.9. The molecule has 0 aliphatic carbocycles. The monoisotopic (exact) mass is 447 g/mol. The molecule has 0 saturated heterocycles. The third kappa shape index (κ3) is 4.77. The summed E-state index contributed by atoms with van der Waals surface area (Å²) in [6, 6.07) is 13.3. The van der Waals surface area contributed by atoms with E-state index < -0.39 is 29.1 Å². The number of ether oxygens (including phenoxy) is 1. The molecule has 2 amide bonds. The molecule has 9 heteroatoms. The van der Waals surface area contributed by atoms with Gasteiger partial charge in [-0.2, -0.15) is 13.2 Å². The fourth-order valence-electron chi connectivity index (χ4n) is 3.31. The van der Waals surface area contributed by atoms with Crippen molar-refractivity contribution < 1.29 is 27.5 Å². The summed E-state index contributed by atoms with van der Waals surface area (Å²) in [7, 11) is 1.72. The number of hydrogen-bond acceptors (Lipinski definition) is 4. The average Bonchev–Trinajstić information content (AvgIpc) is 2.74. The Morgan fingerprint density at radius 2 is 1.78 bits per heavy atom. The van der Waals surface area contributed by atoms with E-state index in [4.69, 9.17) is 4.74 Å². The minimum atomic E-state index is -4.54. The van der Waals surface area contributed by atoms with Crippen LogP contribution in [0.5, 0.6) is 0 Å². The normalized spacial score (nSPS) is 14.9. The van der Waals surface area contributed by atoms with Crippen molar-refractivity contribution in [2.24, 2.45) is 0 Å². The number of amides is 2. The van der Waals surface area contributed by atoms with Crippen LogP contribution in [-0.2, 0) is 20.5 Å². The second-order valence-corrected chi connectivity index (χ2v) is 7.79. The SMILES string of the molecule is CNCC1=C(c2ccccc2)C(=O)N(C(C)(C)C(=O)Nc2cccc(C(F)(F)F)c2)CO1. The van der Waals surface area contributed by atoms with Gasteiger partial charge in [-0.25, -0.2) is 0 Å². The van der Waals surface area contributed by atoms with E-state index in [0.717, 1.165) is 12.1 Å². The first kappa shape index (κ1) is 23.3. The lowest BCUT2D eigenvalue weighted by atomic mass is 9.96. The largest absolute Gasteiger partial charge is 0.475 e. The van der Waals surface area contributed by atoms with Crippen LogP contribution in [0.4, 0.5) is 18.9 Å². The lowest BCUT2D eigenvalue weighted by Gasteiger charge is -2.40. The molecule has 0 bridgehead atoms. The zero-order chi connectivity index (χ0) is 23.5. The van der Waals surface area contributed by atoms with Gasteiger partial charge in [-0.3, -0.25) is 14.5 Å². The van der Waals surface area contributed by atoms with Crippen molar-refractivity contribution in [3.8, 4) is 0 Å². The van der Waals surface area contributed by atoms with Crippen LogP contribution in [0.2, 0.25) is 0 Å². The molecule has 6 nitrogen and oxygen atoms in total. The smallest absolute Gasteiger partial charge is 0.416 e. The van der Waals surface area contributed by atoms with E-state index >= 15 is 0 Å². The molecule has 0 fully saturated rings. The number of likely N-dealkylation sites (N-methyl/N-ethyl adjacent to an activating group) is 1. The van der Waals surface area contributed by atoms with Crippen LogP contribution in [-0.4, -0.2) is 42.6 Å². The summed E-state index contributed by atoms with van der Waals surface area (Å²) >= 11 is 0. The molecule has 0 unspecified atom stereocenters. The maximum atomic E-state index is 13.4. The van der Waals surface area contributed by atoms with Gasteiger partial charge >= 0.3 is 6.18 Å². The number of carbonyl (C=O) groups excluding carboxylic acids is 2. The standard InChI is InChI=1S/C23H24F3N3O3/c1-22(2,21(31)28-17-11-7-10-16(12-17)23(24,25)26)29-14-32-18(13-27-3)19(20(29)30)15-8-5-4-6-9-15/h4-12,27H,13-14H2,1-3H3,(H,28,31). The van der Waals surface area contributed by atoms with Gasteiger partial charge in [-0.1, -0.05) is 36.4 Å². The van der Waals surface area contributed by atoms with Gasteiger partial charge in [0.15, 0.2) is 6.73 Å². The molecule has 0 aromatic heterocycles. The van der Waals surface area contributed by atoms with E-state index in [2.05, 4.69) is 10.6 Å². The van der Waals surface area contributed by atoms with Crippen molar-refractivity contribution in [1.29, 1.82) is 0 Å². The summed E-state index contributed by atoms with van der Waals surface area (Å²) < 4.78 is 44.8. The predicted octanol–water partition coefficient (Wildman–Crippen LogP) is 3.87. The first-order valence-electron chi connectivity index (χ1n) is 9.92. The summed E-state index contributed by atoms with van der Waals surface area (Å²) in [5, 5.41) is 5.45. The van der Waals surface area contributed by atoms with Gasteiger partial charge in [0.2, 0.25) is 5.91 Å². The Bertz CT molecular complexity index is 1030. The number of anilines is 1. The highest BCUT2D eigenvalue weighted by molar-refractivity contribution is 6.22. The summed E-state index contributed by atoms with van der Waals surface area (Å²) in [6.45, 7) is 3.18. The van der Waals surface area contributed by atoms with Gasteiger partial charge in [0, 0.05) is 5.69 Å². The van der Waals surface area contributed by atoms with E-state index in [1.807, 2.05) is 6.07 Å². The van der Waals surface area contributed by atoms with Crippen LogP contribution in [0, 0.1) is 0 Å². The fourth-order valence-corrected chi connectivity index (χ4v) is 3.31. The molecule has 0 atom stereocenters. The third-order valence-electron chi connectivity index (χ3n) is 5.18. The first-order chi connectivity index (χ1) is 15.1. The maximum absolute atomic E-state index is 13.4. The van der Waals surface area contributed by atoms with E-state index in [0.29, 0.717) is 23.4 Å². The van der Waals surface area contributed by atoms with Gasteiger partial charge in [0.1, 0.15) is 11.3 Å². The summed E-state index contributed by atoms with van der Waals surface area (Å²) in [5.41, 5.74) is -1.33. The van der Waals surface area contributed by atoms with Gasteiger partial charge in [0.05, 0.1) is 17.7 Å². The average molecular weight is 447 g/mol. The number of benzene rings is 2. The molecule has 1 aliphatic heterocycles. The van der Waals surface area contributed by atoms with Crippen molar-refractivity contribution in [2.45, 2.75) is 25.6 Å². The molecular formula is C23H24F3N3O3. The fraction of sp³-hybridized carbons (Fsp3) is 0.304. The quantitative estimate of drug-likeness (QED) is 0.706. The molecular weight excluding hydrogens is 423 g/mol. The Hall–Kier alpha value is -3.33. The van der Waals surface area contributed by atoms with E-state index in [9.17, 15) is 22.8 Å². The number of rotatable bonds is 6. The number of alkyl halides is 3. The predicted molar refractivity (Wildman–Crippen MR) is 114 cm³/mol. The summed E-state index contributed by atoms with van der Waals surface area (Å²) in [4.78, 5) is 27.7. The summed E-state index contributed by atoms with van der Waals surface area (Å²) in [5.74, 6) is -0.593. The molecule has 0 saturated carbocycles. The summed E-state index contributed by atoms with van der Waals surface area (Å²) in [6.07, 6.45) is -4.54. The van der Waals surface area contributed by atoms with E-state index in [-0.39, 0.29) is 12.4 Å². The lowest BCUT2D eigenvalue weighted by molar-refractivity contribution is -0.147. The Kier molecular flexibility index (Phi) is 6.59. The number of halogens is 3. The molecule has 32 heavy (non-hydrogen) atoms. The second kappa shape index (κ2) is 9.04. The van der Waals surface area contributed by atoms with E-state index in [1.165, 1.54) is 30.9 Å². The second-order valence-electron chi connectivity index (χ2n) is 7.79. The van der Waals surface area contributed by atoms with Crippen LogP contribution in [0.3, 0.4) is 0 Å². The van der Waals surface area contributed by atoms with Crippen LogP contribution < -0.4 is 10.6 Å². The van der Waals surface area contributed by atoms with Crippen molar-refractivity contribution in [3.63, 3.8) is 0 Å². The Balaban J connectivity index is 1.88. The molecule has 2 N–H and O–H groups in total. The van der Waals surface area contributed by atoms with Crippen LogP contribution >= 0.6 is 0 Å². The Morgan fingerprint density at radius 1 is 1.09 bits per heavy atom. The van der Waals surface area contributed by atoms with Crippen molar-refractivity contribution in [3.05, 3.63) is 71.5 Å². The van der Waals surface area contributed by atoms with Crippen molar-refractivity contribution >= 4 is 23.1 Å². The molecule has 2 aromatic rings. The molecule has 1 aliphatic rings. The minimum Gasteiger partial charge on any atom is -0.475 e. The highest BCUT2D eigenvalue weighted by Gasteiger charge is 2.43. The van der Waals surface area contributed by atoms with Crippen LogP contribution in [0.15, 0.2) is 60.4 Å². The number of nitrogens with one attached hydrogen (secondary N) is 2. The molecule has 3 rings (SSSR count). The highest BCUT2D eigenvalue weighted by Crippen LogP contribution is 2.33. The van der Waals surface area contributed by atoms with Gasteiger partial charge < -0.3 is 15.4 Å². The molecule has 0 spiro atoms. The Labute approximate surface area is 184 Å². The highest BCUT2D eigenvalue weighted by atomic mass is 19.4. The van der Waals surface area contributed by atoms with Crippen molar-refractivity contribution in [2.75, 3.05) is 25.6 Å². The number of carbonyl (C=O) groups is 2. The lowest BCUT2D eigenvalue weighted by Crippen LogP contribution is -2.57. The van der Waals surface area contributed by atoms with E-state index in [1.54, 1.807) is 31.3 Å².